The van der Waals surface area contributed by atoms with Crippen molar-refractivity contribution in [1.29, 1.82) is 0 Å². The van der Waals surface area contributed by atoms with Crippen LogP contribution in [0.4, 0.5) is 0 Å². The summed E-state index contributed by atoms with van der Waals surface area (Å²) in [4.78, 5) is 45.7. The molecule has 4 aliphatic heterocycles. The lowest BCUT2D eigenvalue weighted by Gasteiger charge is -2.35. The van der Waals surface area contributed by atoms with Gasteiger partial charge < -0.3 is 24.5 Å². The van der Waals surface area contributed by atoms with Gasteiger partial charge in [0.25, 0.3) is 0 Å². The van der Waals surface area contributed by atoms with Gasteiger partial charge in [-0.05, 0) is 19.3 Å². The van der Waals surface area contributed by atoms with E-state index in [9.17, 15) is 19.5 Å². The van der Waals surface area contributed by atoms with E-state index >= 15 is 0 Å². The van der Waals surface area contributed by atoms with E-state index in [1.54, 1.807) is 21.7 Å². The molecule has 2 saturated heterocycles. The smallest absolute Gasteiger partial charge is 0.249 e. The van der Waals surface area contributed by atoms with Crippen molar-refractivity contribution in [3.63, 3.8) is 0 Å². The fourth-order valence-electron chi connectivity index (χ4n) is 5.49. The van der Waals surface area contributed by atoms with Crippen molar-refractivity contribution in [2.45, 2.75) is 50.4 Å². The van der Waals surface area contributed by atoms with Gasteiger partial charge in [-0.1, -0.05) is 37.6 Å². The van der Waals surface area contributed by atoms with Gasteiger partial charge >= 0.3 is 0 Å². The highest BCUT2D eigenvalue weighted by Crippen LogP contribution is 2.53. The number of likely N-dealkylation sites (N-methyl/N-ethyl adjacent to an activating group) is 1. The number of unbranched alkanes of at least 4 members (excludes halogenated alkanes) is 2. The number of hydrogen-bond donors (Lipinski definition) is 1. The number of carbonyl (C=O) groups is 3. The summed E-state index contributed by atoms with van der Waals surface area (Å²) in [6.45, 7) is 4.07. The van der Waals surface area contributed by atoms with Crippen molar-refractivity contribution >= 4 is 17.7 Å². The van der Waals surface area contributed by atoms with Crippen LogP contribution in [-0.2, 0) is 19.1 Å². The highest BCUT2D eigenvalue weighted by molar-refractivity contribution is 5.99. The molecule has 0 saturated carbocycles. The number of aliphatic hydroxyl groups is 1. The van der Waals surface area contributed by atoms with Gasteiger partial charge in [-0.3, -0.25) is 14.4 Å². The van der Waals surface area contributed by atoms with E-state index in [1.807, 2.05) is 24.3 Å². The van der Waals surface area contributed by atoms with Crippen molar-refractivity contribution in [2.24, 2.45) is 11.8 Å². The molecule has 0 aliphatic carbocycles. The Bertz CT molecular complexity index is 796. The molecule has 0 radical (unpaired) electrons. The Morgan fingerprint density at radius 2 is 1.87 bits per heavy atom. The van der Waals surface area contributed by atoms with Crippen LogP contribution < -0.4 is 0 Å². The molecule has 1 unspecified atom stereocenters. The van der Waals surface area contributed by atoms with Crippen LogP contribution in [0.25, 0.3) is 0 Å². The average Bonchev–Trinajstić information content (AvgIpc) is 3.07. The topological polar surface area (TPSA) is 90.4 Å². The van der Waals surface area contributed by atoms with Gasteiger partial charge in [-0.2, -0.15) is 0 Å². The molecule has 170 valence electrons. The molecular formula is C23H33N3O5. The third kappa shape index (κ3) is 3.49. The van der Waals surface area contributed by atoms with Crippen LogP contribution in [0.5, 0.6) is 0 Å². The van der Waals surface area contributed by atoms with Crippen LogP contribution in [0.15, 0.2) is 24.3 Å². The predicted molar refractivity (Wildman–Crippen MR) is 114 cm³/mol. The third-order valence-corrected chi connectivity index (χ3v) is 7.03. The molecule has 5 atom stereocenters. The maximum atomic E-state index is 13.7. The standard InChI is InChI=1S/C23H33N3O5/c1-3-4-12-25-13-8-10-23-18(17-16(31-23)9-7-11-24(2)20(17)28)21(29)26(14-5-6-15-27)19(23)22(25)30/h7-10,16-19,27H,3-6,11-15H2,1-2H3/t16-,17+,18-,19?,23-/m0/s1. The number of carbonyl (C=O) groups excluding carboxylic acids is 3. The molecule has 0 aromatic heterocycles. The first-order valence-electron chi connectivity index (χ1n) is 11.4. The summed E-state index contributed by atoms with van der Waals surface area (Å²) in [5.41, 5.74) is -1.14. The van der Waals surface area contributed by atoms with Crippen LogP contribution in [0.1, 0.15) is 32.6 Å². The highest BCUT2D eigenvalue weighted by atomic mass is 16.5. The normalized spacial score (nSPS) is 34.7. The Labute approximate surface area is 183 Å². The Kier molecular flexibility index (Phi) is 6.21. The minimum absolute atomic E-state index is 0.0347. The molecule has 1 spiro atoms. The number of aliphatic hydroxyl groups excluding tert-OH is 1. The Morgan fingerprint density at radius 1 is 1.06 bits per heavy atom. The summed E-state index contributed by atoms with van der Waals surface area (Å²) in [5, 5.41) is 9.21. The van der Waals surface area contributed by atoms with Crippen molar-refractivity contribution < 1.29 is 24.2 Å². The van der Waals surface area contributed by atoms with Gasteiger partial charge in [0.1, 0.15) is 11.6 Å². The molecule has 1 N–H and O–H groups in total. The summed E-state index contributed by atoms with van der Waals surface area (Å²) in [5.74, 6) is -1.78. The SMILES string of the molecule is CCCCN1CC=C[C@]23O[C@H]4C=CCN(C)C(=O)[C@H]4[C@H]2C(=O)N(CCCCO)C3C1=O. The van der Waals surface area contributed by atoms with Gasteiger partial charge in [0.05, 0.1) is 17.9 Å². The molecule has 8 heteroatoms. The molecular weight excluding hydrogens is 398 g/mol. The lowest BCUT2D eigenvalue weighted by molar-refractivity contribution is -0.148. The van der Waals surface area contributed by atoms with Crippen LogP contribution in [0, 0.1) is 11.8 Å². The maximum absolute atomic E-state index is 13.7. The van der Waals surface area contributed by atoms with E-state index in [0.29, 0.717) is 39.0 Å². The number of fused-ring (bicyclic) bond motifs is 2. The Morgan fingerprint density at radius 3 is 2.61 bits per heavy atom. The minimum atomic E-state index is -1.14. The second-order valence-electron chi connectivity index (χ2n) is 8.99. The van der Waals surface area contributed by atoms with E-state index in [-0.39, 0.29) is 24.3 Å². The zero-order valence-corrected chi connectivity index (χ0v) is 18.4. The van der Waals surface area contributed by atoms with Crippen molar-refractivity contribution in [3.05, 3.63) is 24.3 Å². The van der Waals surface area contributed by atoms with Gasteiger partial charge in [-0.25, -0.2) is 0 Å². The lowest BCUT2D eigenvalue weighted by atomic mass is 9.77. The largest absolute Gasteiger partial charge is 0.396 e. The fourth-order valence-corrected chi connectivity index (χ4v) is 5.49. The van der Waals surface area contributed by atoms with E-state index in [0.717, 1.165) is 12.8 Å². The summed E-state index contributed by atoms with van der Waals surface area (Å²) < 4.78 is 6.51. The van der Waals surface area contributed by atoms with Crippen LogP contribution in [-0.4, -0.2) is 95.1 Å². The molecule has 4 heterocycles. The zero-order valence-electron chi connectivity index (χ0n) is 18.4. The fraction of sp³-hybridized carbons (Fsp3) is 0.696. The summed E-state index contributed by atoms with van der Waals surface area (Å²) in [6.07, 6.45) is 10.1. The summed E-state index contributed by atoms with van der Waals surface area (Å²) in [6, 6.07) is -0.780. The predicted octanol–water partition coefficient (Wildman–Crippen LogP) is 0.566. The van der Waals surface area contributed by atoms with Gasteiger partial charge in [-0.15, -0.1) is 0 Å². The first-order valence-corrected chi connectivity index (χ1v) is 11.4. The first-order chi connectivity index (χ1) is 15.0. The van der Waals surface area contributed by atoms with Gasteiger partial charge in [0.2, 0.25) is 17.7 Å². The molecule has 0 aromatic carbocycles. The minimum Gasteiger partial charge on any atom is -0.396 e. The lowest BCUT2D eigenvalue weighted by Crippen LogP contribution is -2.55. The zero-order chi connectivity index (χ0) is 22.2. The molecule has 2 fully saturated rings. The molecule has 31 heavy (non-hydrogen) atoms. The molecule has 4 aliphatic rings. The Balaban J connectivity index is 1.75. The quantitative estimate of drug-likeness (QED) is 0.470. The Hall–Kier alpha value is -2.19. The highest BCUT2D eigenvalue weighted by Gasteiger charge is 2.71. The van der Waals surface area contributed by atoms with Crippen molar-refractivity contribution in [3.8, 4) is 0 Å². The number of hydrogen-bond acceptors (Lipinski definition) is 5. The molecule has 8 nitrogen and oxygen atoms in total. The third-order valence-electron chi connectivity index (χ3n) is 7.03. The second-order valence-corrected chi connectivity index (χ2v) is 8.99. The molecule has 0 bridgehead atoms. The monoisotopic (exact) mass is 431 g/mol. The number of likely N-dealkylation sites (tertiary alicyclic amines) is 1. The van der Waals surface area contributed by atoms with E-state index in [2.05, 4.69) is 6.92 Å². The van der Waals surface area contributed by atoms with Crippen LogP contribution >= 0.6 is 0 Å². The summed E-state index contributed by atoms with van der Waals surface area (Å²) >= 11 is 0. The number of amides is 3. The number of ether oxygens (including phenoxy) is 1. The molecule has 4 rings (SSSR count). The summed E-state index contributed by atoms with van der Waals surface area (Å²) in [7, 11) is 1.73. The van der Waals surface area contributed by atoms with Crippen molar-refractivity contribution in [1.82, 2.24) is 14.7 Å². The van der Waals surface area contributed by atoms with Gasteiger partial charge in [0, 0.05) is 39.8 Å². The van der Waals surface area contributed by atoms with Gasteiger partial charge in [0.15, 0.2) is 0 Å². The van der Waals surface area contributed by atoms with Crippen LogP contribution in [0.3, 0.4) is 0 Å². The molecule has 3 amide bonds. The number of nitrogens with zero attached hydrogens (tertiary/aromatic N) is 3. The first kappa shape index (κ1) is 22.0. The molecule has 0 aromatic rings. The number of rotatable bonds is 7. The van der Waals surface area contributed by atoms with E-state index in [4.69, 9.17) is 4.74 Å². The van der Waals surface area contributed by atoms with E-state index < -0.39 is 29.6 Å². The van der Waals surface area contributed by atoms with Crippen LogP contribution in [0.2, 0.25) is 0 Å². The van der Waals surface area contributed by atoms with Crippen molar-refractivity contribution in [2.75, 3.05) is 39.8 Å². The maximum Gasteiger partial charge on any atom is 0.249 e. The average molecular weight is 432 g/mol. The van der Waals surface area contributed by atoms with E-state index in [1.165, 1.54) is 0 Å². The second kappa shape index (κ2) is 8.74.